The number of aliphatic hydroxyl groups is 1. The molecule has 0 bridgehead atoms. The number of hydrogen-bond acceptors (Lipinski definition) is 14. The molecule has 0 unspecified atom stereocenters. The molecule has 0 amide bonds. The van der Waals surface area contributed by atoms with Crippen LogP contribution in [0.15, 0.2) is 225 Å². The molecule has 3 heterocycles. The smallest absolute Gasteiger partial charge is 0.187 e. The lowest BCUT2D eigenvalue weighted by atomic mass is 9.95. The van der Waals surface area contributed by atoms with Gasteiger partial charge >= 0.3 is 0 Å². The predicted molar refractivity (Wildman–Crippen MR) is 315 cm³/mol. The van der Waals surface area contributed by atoms with Crippen molar-refractivity contribution >= 4 is 0 Å². The Hall–Kier alpha value is -6.28. The Bertz CT molecular complexity index is 2930. The fourth-order valence-corrected chi connectivity index (χ4v) is 10.8. The number of hydrogen-bond donors (Lipinski definition) is 1. The first-order valence-electron chi connectivity index (χ1n) is 29.1. The normalized spacial score (nSPS) is 27.9. The van der Waals surface area contributed by atoms with E-state index in [2.05, 4.69) is 6.58 Å². The largest absolute Gasteiger partial charge is 0.385 e. The van der Waals surface area contributed by atoms with E-state index in [4.69, 9.17) is 61.6 Å². The molecule has 3 saturated heterocycles. The van der Waals surface area contributed by atoms with Crippen LogP contribution in [0.25, 0.3) is 0 Å². The Morgan fingerprint density at radius 2 is 0.667 bits per heavy atom. The first-order chi connectivity index (χ1) is 41.4. The standard InChI is InChI=1S/C70H78O14/c1-4-40-73-69-67(64(77-45-55-34-20-9-21-35-55)61(50(3)81-69)75-43-53-30-16-7-17-31-53)84-68-59(71)63(60(49(2)80-68)74-42-52-28-14-6-15-29-52)83-70-66(79-47-57-38-24-11-25-39-57)65(78-46-56-36-22-10-23-37-56)62(76-44-54-32-18-8-19-33-54)58(82-70)48-72-41-51-26-12-5-13-27-51/h4-39,49-50,58-71H,1,40-48H2,2-3H3/t49-,50-,58+,59+,60-,61-,62+,63-,64+,65-,66+,67+,68-,69+,70+/m0/s1. The van der Waals surface area contributed by atoms with Gasteiger partial charge in [-0.2, -0.15) is 0 Å². The van der Waals surface area contributed by atoms with Crippen molar-refractivity contribution in [1.29, 1.82) is 0 Å². The third-order valence-electron chi connectivity index (χ3n) is 15.1. The molecule has 0 aliphatic carbocycles. The van der Waals surface area contributed by atoms with E-state index in [1.54, 1.807) is 6.08 Å². The molecule has 0 aromatic heterocycles. The molecule has 3 aliphatic heterocycles. The molecule has 1 N–H and O–H groups in total. The highest BCUT2D eigenvalue weighted by Gasteiger charge is 2.56. The fraction of sp³-hybridized carbons (Fsp3) is 0.371. The van der Waals surface area contributed by atoms with Crippen molar-refractivity contribution < 1.29 is 66.7 Å². The van der Waals surface area contributed by atoms with Crippen molar-refractivity contribution in [2.45, 2.75) is 152 Å². The SMILES string of the molecule is C=CCO[C@@H]1O[C@@H](C)[C@H](OCc2ccccc2)[C@@H](OCc2ccccc2)[C@H]1O[C@@H]1O[C@@H](C)[C@H](OCc2ccccc2)[C@@H](O[C@H]2O[C@H](COCc3ccccc3)[C@@H](OCc3ccccc3)[C@H](OCc3ccccc3)[C@H]2OCc2ccccc2)[C@H]1O. The van der Waals surface area contributed by atoms with Crippen LogP contribution in [0.5, 0.6) is 0 Å². The molecule has 14 nitrogen and oxygen atoms in total. The Morgan fingerprint density at radius 3 is 1.07 bits per heavy atom. The Labute approximate surface area is 494 Å². The van der Waals surface area contributed by atoms with Gasteiger partial charge in [0.25, 0.3) is 0 Å². The van der Waals surface area contributed by atoms with Gasteiger partial charge in [0.1, 0.15) is 61.0 Å². The van der Waals surface area contributed by atoms with Crippen LogP contribution < -0.4 is 0 Å². The second-order valence-corrected chi connectivity index (χ2v) is 21.3. The average Bonchev–Trinajstić information content (AvgIpc) is 3.43. The molecule has 442 valence electrons. The lowest BCUT2D eigenvalue weighted by molar-refractivity contribution is -0.391. The van der Waals surface area contributed by atoms with E-state index in [9.17, 15) is 5.11 Å². The third-order valence-corrected chi connectivity index (χ3v) is 15.1. The van der Waals surface area contributed by atoms with Gasteiger partial charge in [-0.15, -0.1) is 6.58 Å². The zero-order valence-electron chi connectivity index (χ0n) is 47.8. The highest BCUT2D eigenvalue weighted by Crippen LogP contribution is 2.38. The van der Waals surface area contributed by atoms with E-state index in [0.29, 0.717) is 6.61 Å². The van der Waals surface area contributed by atoms with Crippen LogP contribution >= 0.6 is 0 Å². The molecule has 7 aromatic carbocycles. The maximum Gasteiger partial charge on any atom is 0.187 e. The summed E-state index contributed by atoms with van der Waals surface area (Å²) in [7, 11) is 0. The first kappa shape index (κ1) is 60.8. The van der Waals surface area contributed by atoms with E-state index < -0.39 is 92.1 Å². The first-order valence-corrected chi connectivity index (χ1v) is 29.1. The monoisotopic (exact) mass is 1140 g/mol. The summed E-state index contributed by atoms with van der Waals surface area (Å²) in [4.78, 5) is 0. The Kier molecular flexibility index (Phi) is 23.0. The van der Waals surface area contributed by atoms with Gasteiger partial charge in [-0.05, 0) is 52.8 Å². The van der Waals surface area contributed by atoms with Gasteiger partial charge in [0.05, 0.1) is 71.7 Å². The van der Waals surface area contributed by atoms with Crippen molar-refractivity contribution in [2.75, 3.05) is 13.2 Å². The van der Waals surface area contributed by atoms with Gasteiger partial charge in [0, 0.05) is 0 Å². The van der Waals surface area contributed by atoms with Crippen LogP contribution in [-0.2, 0) is 108 Å². The highest BCUT2D eigenvalue weighted by molar-refractivity contribution is 5.19. The summed E-state index contributed by atoms with van der Waals surface area (Å²) in [6.45, 7) is 9.53. The lowest BCUT2D eigenvalue weighted by Gasteiger charge is -2.50. The molecule has 3 aliphatic rings. The van der Waals surface area contributed by atoms with Gasteiger partial charge in [-0.3, -0.25) is 0 Å². The molecule has 0 spiro atoms. The highest BCUT2D eigenvalue weighted by atomic mass is 16.8. The van der Waals surface area contributed by atoms with Crippen LogP contribution in [0.1, 0.15) is 52.8 Å². The van der Waals surface area contributed by atoms with Crippen LogP contribution in [-0.4, -0.2) is 110 Å². The Morgan fingerprint density at radius 1 is 0.345 bits per heavy atom. The minimum absolute atomic E-state index is 0.0846. The van der Waals surface area contributed by atoms with Crippen molar-refractivity contribution in [1.82, 2.24) is 0 Å². The number of benzene rings is 7. The van der Waals surface area contributed by atoms with Gasteiger partial charge in [-0.1, -0.05) is 218 Å². The maximum atomic E-state index is 13.2. The molecule has 0 saturated carbocycles. The van der Waals surface area contributed by atoms with E-state index in [-0.39, 0.29) is 52.9 Å². The summed E-state index contributed by atoms with van der Waals surface area (Å²) in [5, 5.41) is 13.2. The van der Waals surface area contributed by atoms with Gasteiger partial charge < -0.3 is 66.7 Å². The fourth-order valence-electron chi connectivity index (χ4n) is 10.8. The third kappa shape index (κ3) is 17.0. The molecule has 7 aromatic rings. The van der Waals surface area contributed by atoms with Crippen LogP contribution in [0.4, 0.5) is 0 Å². The topological polar surface area (TPSA) is 140 Å². The summed E-state index contributed by atoms with van der Waals surface area (Å²) in [5.74, 6) is 0. The minimum Gasteiger partial charge on any atom is -0.385 e. The summed E-state index contributed by atoms with van der Waals surface area (Å²) in [6.07, 6.45) is -12.7. The predicted octanol–water partition coefficient (Wildman–Crippen LogP) is 11.3. The summed E-state index contributed by atoms with van der Waals surface area (Å²) >= 11 is 0. The summed E-state index contributed by atoms with van der Waals surface area (Å²) in [6, 6.07) is 69.4. The van der Waals surface area contributed by atoms with Gasteiger partial charge in [-0.25, -0.2) is 0 Å². The van der Waals surface area contributed by atoms with Crippen molar-refractivity contribution in [3.8, 4) is 0 Å². The van der Waals surface area contributed by atoms with E-state index in [0.717, 1.165) is 38.9 Å². The molecular formula is C70H78O14. The quantitative estimate of drug-likeness (QED) is 0.0445. The van der Waals surface area contributed by atoms with E-state index in [1.165, 1.54) is 0 Å². The number of rotatable bonds is 29. The van der Waals surface area contributed by atoms with Crippen molar-refractivity contribution in [3.63, 3.8) is 0 Å². The maximum absolute atomic E-state index is 13.2. The molecule has 15 atom stereocenters. The van der Waals surface area contributed by atoms with Crippen molar-refractivity contribution in [2.24, 2.45) is 0 Å². The van der Waals surface area contributed by atoms with E-state index >= 15 is 0 Å². The van der Waals surface area contributed by atoms with Crippen LogP contribution in [0, 0.1) is 0 Å². The zero-order valence-corrected chi connectivity index (χ0v) is 47.8. The van der Waals surface area contributed by atoms with Crippen molar-refractivity contribution in [3.05, 3.63) is 264 Å². The number of aliphatic hydroxyl groups excluding tert-OH is 1. The molecule has 10 rings (SSSR count). The average molecular weight is 1140 g/mol. The molecular weight excluding hydrogens is 1060 g/mol. The summed E-state index contributed by atoms with van der Waals surface area (Å²) < 4.78 is 89.6. The van der Waals surface area contributed by atoms with E-state index in [1.807, 2.05) is 226 Å². The van der Waals surface area contributed by atoms with Crippen LogP contribution in [0.3, 0.4) is 0 Å². The molecule has 14 heteroatoms. The van der Waals surface area contributed by atoms with Gasteiger partial charge in [0.15, 0.2) is 18.9 Å². The van der Waals surface area contributed by atoms with Crippen LogP contribution in [0.2, 0.25) is 0 Å². The summed E-state index contributed by atoms with van der Waals surface area (Å²) in [5.41, 5.74) is 6.63. The number of ether oxygens (including phenoxy) is 13. The molecule has 84 heavy (non-hydrogen) atoms. The second-order valence-electron chi connectivity index (χ2n) is 21.3. The Balaban J connectivity index is 1.01. The minimum atomic E-state index is -1.54. The lowest BCUT2D eigenvalue weighted by Crippen LogP contribution is -2.67. The molecule has 3 fully saturated rings. The zero-order chi connectivity index (χ0) is 57.7. The van der Waals surface area contributed by atoms with Gasteiger partial charge in [0.2, 0.25) is 0 Å². The molecule has 0 radical (unpaired) electrons. The second kappa shape index (κ2) is 31.7.